The van der Waals surface area contributed by atoms with Crippen molar-refractivity contribution in [3.8, 4) is 0 Å². The van der Waals surface area contributed by atoms with Crippen LogP contribution < -0.4 is 16.3 Å². The number of hydrogen-bond acceptors (Lipinski definition) is 5. The summed E-state index contributed by atoms with van der Waals surface area (Å²) >= 11 is 0. The fourth-order valence-corrected chi connectivity index (χ4v) is 2.37. The van der Waals surface area contributed by atoms with E-state index in [2.05, 4.69) is 15.4 Å². The third kappa shape index (κ3) is 3.89. The van der Waals surface area contributed by atoms with Crippen molar-refractivity contribution < 1.29 is 18.7 Å². The quantitative estimate of drug-likeness (QED) is 0.704. The van der Waals surface area contributed by atoms with E-state index in [1.165, 1.54) is 13.2 Å². The second-order valence-electron chi connectivity index (χ2n) is 5.48. The molecule has 0 atom stereocenters. The summed E-state index contributed by atoms with van der Waals surface area (Å²) in [5, 5.41) is 5.89. The van der Waals surface area contributed by atoms with E-state index < -0.39 is 17.6 Å². The minimum absolute atomic E-state index is 0.0484. The van der Waals surface area contributed by atoms with Gasteiger partial charge in [0.1, 0.15) is 11.1 Å². The molecule has 132 valence electrons. The highest BCUT2D eigenvalue weighted by Crippen LogP contribution is 2.13. The number of carbonyl (C=O) groups excluding carboxylic acids is 2. The van der Waals surface area contributed by atoms with E-state index in [-0.39, 0.29) is 12.1 Å². The zero-order chi connectivity index (χ0) is 18.5. The molecule has 1 aromatic heterocycles. The SMILES string of the molecule is COC(=O)Nc1ccc(CNC(=O)c2cc3ccccc3oc2=O)cc1. The molecule has 1 heterocycles. The summed E-state index contributed by atoms with van der Waals surface area (Å²) < 4.78 is 9.67. The lowest BCUT2D eigenvalue weighted by atomic mass is 10.1. The molecule has 26 heavy (non-hydrogen) atoms. The van der Waals surface area contributed by atoms with E-state index in [9.17, 15) is 14.4 Å². The summed E-state index contributed by atoms with van der Waals surface area (Å²) in [7, 11) is 1.28. The number of para-hydroxylation sites is 1. The lowest BCUT2D eigenvalue weighted by Gasteiger charge is -2.07. The molecule has 0 fully saturated rings. The van der Waals surface area contributed by atoms with Crippen molar-refractivity contribution in [1.82, 2.24) is 5.32 Å². The molecule has 0 bridgehead atoms. The highest BCUT2D eigenvalue weighted by molar-refractivity contribution is 5.96. The standard InChI is InChI=1S/C19H16N2O5/c1-25-19(24)21-14-8-6-12(7-9-14)11-20-17(22)15-10-13-4-2-3-5-16(13)26-18(15)23/h2-10H,11H2,1H3,(H,20,22)(H,21,24). The van der Waals surface area contributed by atoms with Gasteiger partial charge < -0.3 is 14.5 Å². The third-order valence-corrected chi connectivity index (χ3v) is 3.72. The van der Waals surface area contributed by atoms with Crippen LogP contribution in [-0.4, -0.2) is 19.1 Å². The lowest BCUT2D eigenvalue weighted by molar-refractivity contribution is 0.0947. The fourth-order valence-electron chi connectivity index (χ4n) is 2.37. The molecule has 3 aromatic rings. The number of fused-ring (bicyclic) bond motifs is 1. The molecule has 2 N–H and O–H groups in total. The number of methoxy groups -OCH3 is 1. The summed E-state index contributed by atoms with van der Waals surface area (Å²) in [4.78, 5) is 35.4. The van der Waals surface area contributed by atoms with Crippen molar-refractivity contribution in [3.63, 3.8) is 0 Å². The Hall–Kier alpha value is -3.61. The number of nitrogens with one attached hydrogen (secondary N) is 2. The van der Waals surface area contributed by atoms with Crippen LogP contribution in [0.4, 0.5) is 10.5 Å². The molecule has 2 amide bonds. The summed E-state index contributed by atoms with van der Waals surface area (Å²) in [5.74, 6) is -0.513. The van der Waals surface area contributed by atoms with Gasteiger partial charge in [-0.2, -0.15) is 0 Å². The van der Waals surface area contributed by atoms with Crippen molar-refractivity contribution in [2.75, 3.05) is 12.4 Å². The second kappa shape index (κ2) is 7.52. The van der Waals surface area contributed by atoms with Crippen molar-refractivity contribution in [2.45, 2.75) is 6.54 Å². The van der Waals surface area contributed by atoms with Gasteiger partial charge >= 0.3 is 11.7 Å². The van der Waals surface area contributed by atoms with Gasteiger partial charge in [-0.05, 0) is 29.8 Å². The first kappa shape index (κ1) is 17.2. The van der Waals surface area contributed by atoms with E-state index in [0.29, 0.717) is 16.7 Å². The van der Waals surface area contributed by atoms with Crippen LogP contribution in [0.15, 0.2) is 63.8 Å². The molecular weight excluding hydrogens is 336 g/mol. The van der Waals surface area contributed by atoms with Crippen LogP contribution in [0.3, 0.4) is 0 Å². The molecule has 0 saturated heterocycles. The highest BCUT2D eigenvalue weighted by Gasteiger charge is 2.13. The van der Waals surface area contributed by atoms with Gasteiger partial charge in [0.2, 0.25) is 0 Å². The van der Waals surface area contributed by atoms with Crippen molar-refractivity contribution in [2.24, 2.45) is 0 Å². The molecule has 7 heteroatoms. The predicted octanol–water partition coefficient (Wildman–Crippen LogP) is 2.90. The minimum atomic E-state index is -0.682. The zero-order valence-corrected chi connectivity index (χ0v) is 13.9. The summed E-state index contributed by atoms with van der Waals surface area (Å²) in [6.07, 6.45) is -0.561. The molecule has 0 aliphatic rings. The summed E-state index contributed by atoms with van der Waals surface area (Å²) in [5.41, 5.74) is 1.08. The first-order valence-corrected chi connectivity index (χ1v) is 7.82. The van der Waals surface area contributed by atoms with Crippen molar-refractivity contribution in [3.05, 3.63) is 76.1 Å². The Bertz CT molecular complexity index is 1010. The van der Waals surface area contributed by atoms with Crippen LogP contribution in [0.25, 0.3) is 11.0 Å². The first-order chi connectivity index (χ1) is 12.6. The van der Waals surface area contributed by atoms with Gasteiger partial charge in [-0.15, -0.1) is 0 Å². The van der Waals surface area contributed by atoms with Crippen LogP contribution >= 0.6 is 0 Å². The summed E-state index contributed by atoms with van der Waals surface area (Å²) in [6.45, 7) is 0.226. The van der Waals surface area contributed by atoms with Gasteiger partial charge in [-0.3, -0.25) is 10.1 Å². The second-order valence-corrected chi connectivity index (χ2v) is 5.48. The number of carbonyl (C=O) groups is 2. The molecule has 0 aliphatic heterocycles. The lowest BCUT2D eigenvalue weighted by Crippen LogP contribution is -2.27. The monoisotopic (exact) mass is 352 g/mol. The number of benzene rings is 2. The maximum atomic E-state index is 12.3. The molecule has 2 aromatic carbocycles. The molecule has 0 saturated carbocycles. The molecule has 7 nitrogen and oxygen atoms in total. The third-order valence-electron chi connectivity index (χ3n) is 3.72. The summed E-state index contributed by atoms with van der Waals surface area (Å²) in [6, 6.07) is 15.4. The Kier molecular flexibility index (Phi) is 4.98. The van der Waals surface area contributed by atoms with Gasteiger partial charge in [-0.1, -0.05) is 30.3 Å². The number of amides is 2. The van der Waals surface area contributed by atoms with E-state index in [4.69, 9.17) is 4.42 Å². The maximum Gasteiger partial charge on any atom is 0.411 e. The Balaban J connectivity index is 1.68. The Labute approximate surface area is 148 Å². The van der Waals surface area contributed by atoms with Gasteiger partial charge in [0, 0.05) is 17.6 Å². The van der Waals surface area contributed by atoms with Crippen molar-refractivity contribution >= 4 is 28.7 Å². The molecule has 0 spiro atoms. The van der Waals surface area contributed by atoms with Crippen LogP contribution in [0.1, 0.15) is 15.9 Å². The number of hydrogen-bond donors (Lipinski definition) is 2. The van der Waals surface area contributed by atoms with Gasteiger partial charge in [0.15, 0.2) is 0 Å². The normalized spacial score (nSPS) is 10.3. The molecule has 0 unspecified atom stereocenters. The maximum absolute atomic E-state index is 12.3. The number of rotatable bonds is 4. The topological polar surface area (TPSA) is 97.6 Å². The number of anilines is 1. The van der Waals surface area contributed by atoms with Crippen molar-refractivity contribution in [1.29, 1.82) is 0 Å². The smallest absolute Gasteiger partial charge is 0.411 e. The average Bonchev–Trinajstić information content (AvgIpc) is 2.66. The Morgan fingerprint density at radius 3 is 2.54 bits per heavy atom. The number of ether oxygens (including phenoxy) is 1. The molecule has 0 radical (unpaired) electrons. The molecule has 3 rings (SSSR count). The van der Waals surface area contributed by atoms with Crippen LogP contribution in [-0.2, 0) is 11.3 Å². The van der Waals surface area contributed by atoms with Crippen LogP contribution in [0.2, 0.25) is 0 Å². The Morgan fingerprint density at radius 2 is 1.81 bits per heavy atom. The van der Waals surface area contributed by atoms with E-state index in [1.54, 1.807) is 48.5 Å². The van der Waals surface area contributed by atoms with Crippen LogP contribution in [0, 0.1) is 0 Å². The van der Waals surface area contributed by atoms with E-state index in [1.807, 2.05) is 0 Å². The van der Waals surface area contributed by atoms with Gasteiger partial charge in [0.05, 0.1) is 7.11 Å². The Morgan fingerprint density at radius 1 is 1.08 bits per heavy atom. The predicted molar refractivity (Wildman–Crippen MR) is 96.1 cm³/mol. The highest BCUT2D eigenvalue weighted by atomic mass is 16.5. The minimum Gasteiger partial charge on any atom is -0.453 e. The fraction of sp³-hybridized carbons (Fsp3) is 0.105. The molecular formula is C19H16N2O5. The van der Waals surface area contributed by atoms with Crippen LogP contribution in [0.5, 0.6) is 0 Å². The zero-order valence-electron chi connectivity index (χ0n) is 13.9. The van der Waals surface area contributed by atoms with E-state index >= 15 is 0 Å². The largest absolute Gasteiger partial charge is 0.453 e. The van der Waals surface area contributed by atoms with Gasteiger partial charge in [0.25, 0.3) is 5.91 Å². The van der Waals surface area contributed by atoms with Gasteiger partial charge in [-0.25, -0.2) is 9.59 Å². The van der Waals surface area contributed by atoms with E-state index in [0.717, 1.165) is 5.56 Å². The molecule has 0 aliphatic carbocycles. The average molecular weight is 352 g/mol. The first-order valence-electron chi connectivity index (χ1n) is 7.82.